The second kappa shape index (κ2) is 6.35. The highest BCUT2D eigenvalue weighted by molar-refractivity contribution is 6.34. The summed E-state index contributed by atoms with van der Waals surface area (Å²) in [5.74, 6) is 0.177. The van der Waals surface area contributed by atoms with Gasteiger partial charge in [-0.1, -0.05) is 30.7 Å². The topological polar surface area (TPSA) is 21.5 Å². The predicted octanol–water partition coefficient (Wildman–Crippen LogP) is 2.37. The second-order valence-corrected chi connectivity index (χ2v) is 5.50. The van der Waals surface area contributed by atoms with Crippen LogP contribution in [0.25, 0.3) is 0 Å². The molecule has 0 spiro atoms. The van der Waals surface area contributed by atoms with Crippen LogP contribution in [0.3, 0.4) is 0 Å². The molecule has 2 atom stereocenters. The number of benzene rings is 1. The highest BCUT2D eigenvalue weighted by Crippen LogP contribution is 2.15. The summed E-state index contributed by atoms with van der Waals surface area (Å²) < 4.78 is 0. The van der Waals surface area contributed by atoms with Crippen LogP contribution in [0, 0.1) is 0 Å². The maximum absolute atomic E-state index is 12.3. The van der Waals surface area contributed by atoms with E-state index in [0.717, 1.165) is 13.0 Å². The van der Waals surface area contributed by atoms with Crippen LogP contribution < -0.4 is 4.90 Å². The van der Waals surface area contributed by atoms with Crippen LogP contribution in [0.1, 0.15) is 43.0 Å². The average molecular weight is 267 g/mol. The molecule has 1 aromatic rings. The Morgan fingerprint density at radius 1 is 1.39 bits per heavy atom. The number of carbonyl (C=O) groups is 1. The molecule has 1 N–H and O–H groups in total. The number of ketones is 1. The Balaban J connectivity index is 2.04. The first-order valence-electron chi connectivity index (χ1n) is 6.84. The van der Waals surface area contributed by atoms with E-state index < -0.39 is 0 Å². The van der Waals surface area contributed by atoms with E-state index in [0.29, 0.717) is 23.2 Å². The van der Waals surface area contributed by atoms with Crippen molar-refractivity contribution in [2.24, 2.45) is 0 Å². The Labute approximate surface area is 114 Å². The maximum Gasteiger partial charge on any atom is 0.218 e. The van der Waals surface area contributed by atoms with Crippen molar-refractivity contribution in [1.82, 2.24) is 0 Å². The third-order valence-electron chi connectivity index (χ3n) is 3.93. The second-order valence-electron chi connectivity index (χ2n) is 5.09. The minimum atomic E-state index is 0.177. The van der Waals surface area contributed by atoms with E-state index in [2.05, 4.69) is 6.92 Å². The molecule has 0 amide bonds. The minimum absolute atomic E-state index is 0.177. The van der Waals surface area contributed by atoms with Crippen LogP contribution in [0.2, 0.25) is 5.02 Å². The van der Waals surface area contributed by atoms with E-state index >= 15 is 0 Å². The SMILES string of the molecule is CC[C@H]1CCCC[NH+]1CC(=O)c1ccccc1Cl. The first kappa shape index (κ1) is 13.6. The Morgan fingerprint density at radius 2 is 2.17 bits per heavy atom. The number of hydrogen-bond donors (Lipinski definition) is 1. The summed E-state index contributed by atoms with van der Waals surface area (Å²) in [5.41, 5.74) is 0.673. The van der Waals surface area contributed by atoms with Gasteiger partial charge in [0.15, 0.2) is 0 Å². The van der Waals surface area contributed by atoms with Gasteiger partial charge < -0.3 is 4.90 Å². The standard InChI is InChI=1S/C15H20ClNO/c1-2-12-7-5-6-10-17(12)11-15(18)13-8-3-4-9-14(13)16/h3-4,8-9,12H,2,5-7,10-11H2,1H3/p+1/t12-/m0/s1. The van der Waals surface area contributed by atoms with Gasteiger partial charge in [0, 0.05) is 5.56 Å². The Bertz CT molecular complexity index is 419. The molecular weight excluding hydrogens is 246 g/mol. The van der Waals surface area contributed by atoms with Crippen molar-refractivity contribution < 1.29 is 9.69 Å². The molecule has 1 aliphatic heterocycles. The molecule has 0 bridgehead atoms. The zero-order valence-electron chi connectivity index (χ0n) is 10.9. The fraction of sp³-hybridized carbons (Fsp3) is 0.533. The number of quaternary nitrogens is 1. The maximum atomic E-state index is 12.3. The Hall–Kier alpha value is -0.860. The highest BCUT2D eigenvalue weighted by atomic mass is 35.5. The van der Waals surface area contributed by atoms with Crippen LogP contribution in [0.4, 0.5) is 0 Å². The molecule has 2 rings (SSSR count). The first-order chi connectivity index (χ1) is 8.72. The van der Waals surface area contributed by atoms with Gasteiger partial charge in [0.25, 0.3) is 0 Å². The molecule has 1 unspecified atom stereocenters. The van der Waals surface area contributed by atoms with Gasteiger partial charge >= 0.3 is 0 Å². The number of Topliss-reactive ketones (excluding diaryl/α,β-unsaturated/α-hetero) is 1. The quantitative estimate of drug-likeness (QED) is 0.831. The van der Waals surface area contributed by atoms with E-state index in [4.69, 9.17) is 11.6 Å². The number of piperidine rings is 1. The van der Waals surface area contributed by atoms with Crippen LogP contribution in [-0.2, 0) is 0 Å². The average Bonchev–Trinajstić information content (AvgIpc) is 2.39. The predicted molar refractivity (Wildman–Crippen MR) is 74.4 cm³/mol. The van der Waals surface area contributed by atoms with E-state index in [1.165, 1.54) is 24.2 Å². The molecule has 1 aliphatic rings. The molecular formula is C15H21ClNO+. The van der Waals surface area contributed by atoms with Crippen LogP contribution in [0.5, 0.6) is 0 Å². The van der Waals surface area contributed by atoms with E-state index in [-0.39, 0.29) is 5.78 Å². The van der Waals surface area contributed by atoms with Crippen molar-refractivity contribution in [2.75, 3.05) is 13.1 Å². The third kappa shape index (κ3) is 3.12. The number of likely N-dealkylation sites (tertiary alicyclic amines) is 1. The summed E-state index contributed by atoms with van der Waals surface area (Å²) in [4.78, 5) is 13.7. The van der Waals surface area contributed by atoms with Gasteiger partial charge in [-0.05, 0) is 37.8 Å². The lowest BCUT2D eigenvalue weighted by atomic mass is 9.99. The fourth-order valence-electron chi connectivity index (χ4n) is 2.87. The van der Waals surface area contributed by atoms with Crippen LogP contribution in [0.15, 0.2) is 24.3 Å². The van der Waals surface area contributed by atoms with Crippen molar-refractivity contribution in [3.8, 4) is 0 Å². The van der Waals surface area contributed by atoms with Gasteiger partial charge in [-0.2, -0.15) is 0 Å². The number of carbonyl (C=O) groups excluding carboxylic acids is 1. The number of nitrogens with one attached hydrogen (secondary N) is 1. The summed E-state index contributed by atoms with van der Waals surface area (Å²) in [5, 5.41) is 0.576. The Morgan fingerprint density at radius 3 is 2.89 bits per heavy atom. The number of hydrogen-bond acceptors (Lipinski definition) is 1. The summed E-state index contributed by atoms with van der Waals surface area (Å²) in [6.45, 7) is 3.92. The molecule has 3 heteroatoms. The molecule has 18 heavy (non-hydrogen) atoms. The van der Waals surface area contributed by atoms with Gasteiger partial charge in [0.1, 0.15) is 6.54 Å². The zero-order valence-corrected chi connectivity index (χ0v) is 11.7. The molecule has 0 aromatic heterocycles. The summed E-state index contributed by atoms with van der Waals surface area (Å²) >= 11 is 6.08. The molecule has 1 heterocycles. The van der Waals surface area contributed by atoms with Crippen molar-refractivity contribution >= 4 is 17.4 Å². The molecule has 1 fully saturated rings. The molecule has 2 nitrogen and oxygen atoms in total. The largest absolute Gasteiger partial charge is 0.326 e. The van der Waals surface area contributed by atoms with Gasteiger partial charge in [-0.15, -0.1) is 0 Å². The van der Waals surface area contributed by atoms with Crippen molar-refractivity contribution in [1.29, 1.82) is 0 Å². The lowest BCUT2D eigenvalue weighted by molar-refractivity contribution is -0.922. The van der Waals surface area contributed by atoms with Crippen LogP contribution in [-0.4, -0.2) is 24.9 Å². The van der Waals surface area contributed by atoms with Crippen LogP contribution >= 0.6 is 11.6 Å². The fourth-order valence-corrected chi connectivity index (χ4v) is 3.11. The van der Waals surface area contributed by atoms with E-state index in [9.17, 15) is 4.79 Å². The summed E-state index contributed by atoms with van der Waals surface area (Å²) in [6.07, 6.45) is 4.96. The summed E-state index contributed by atoms with van der Waals surface area (Å²) in [7, 11) is 0. The first-order valence-corrected chi connectivity index (χ1v) is 7.22. The van der Waals surface area contributed by atoms with Gasteiger partial charge in [0.2, 0.25) is 5.78 Å². The molecule has 0 aliphatic carbocycles. The van der Waals surface area contributed by atoms with E-state index in [1.807, 2.05) is 18.2 Å². The zero-order chi connectivity index (χ0) is 13.0. The number of halogens is 1. The van der Waals surface area contributed by atoms with Gasteiger partial charge in [0.05, 0.1) is 17.6 Å². The molecule has 1 aromatic carbocycles. The number of rotatable bonds is 4. The minimum Gasteiger partial charge on any atom is -0.326 e. The monoisotopic (exact) mass is 266 g/mol. The van der Waals surface area contributed by atoms with Crippen molar-refractivity contribution in [3.05, 3.63) is 34.9 Å². The lowest BCUT2D eigenvalue weighted by Crippen LogP contribution is -3.17. The normalized spacial score (nSPS) is 23.9. The molecule has 1 saturated heterocycles. The molecule has 98 valence electrons. The van der Waals surface area contributed by atoms with Gasteiger partial charge in [-0.3, -0.25) is 4.79 Å². The van der Waals surface area contributed by atoms with Gasteiger partial charge in [-0.25, -0.2) is 0 Å². The molecule has 0 radical (unpaired) electrons. The Kier molecular flexibility index (Phi) is 4.79. The van der Waals surface area contributed by atoms with Crippen molar-refractivity contribution in [3.63, 3.8) is 0 Å². The summed E-state index contributed by atoms with van der Waals surface area (Å²) in [6, 6.07) is 8.00. The third-order valence-corrected chi connectivity index (χ3v) is 4.26. The lowest BCUT2D eigenvalue weighted by Gasteiger charge is -2.31. The smallest absolute Gasteiger partial charge is 0.218 e. The van der Waals surface area contributed by atoms with E-state index in [1.54, 1.807) is 6.07 Å². The molecule has 0 saturated carbocycles. The van der Waals surface area contributed by atoms with Crippen molar-refractivity contribution in [2.45, 2.75) is 38.6 Å². The highest BCUT2D eigenvalue weighted by Gasteiger charge is 2.27.